The second-order valence-corrected chi connectivity index (χ2v) is 4.35. The molecule has 1 saturated heterocycles. The topological polar surface area (TPSA) is 75.1 Å². The highest BCUT2D eigenvalue weighted by molar-refractivity contribution is 5.80. The SMILES string of the molecule is CCc1nccc(C2(C(=O)O)CCNCC2)n1. The molecule has 0 unspecified atom stereocenters. The van der Waals surface area contributed by atoms with Crippen LogP contribution in [-0.2, 0) is 16.6 Å². The van der Waals surface area contributed by atoms with Gasteiger partial charge in [-0.05, 0) is 32.0 Å². The van der Waals surface area contributed by atoms with Crippen LogP contribution in [0.2, 0.25) is 0 Å². The number of carbonyl (C=O) groups is 1. The number of aryl methyl sites for hydroxylation is 1. The summed E-state index contributed by atoms with van der Waals surface area (Å²) >= 11 is 0. The number of rotatable bonds is 3. The molecule has 5 heteroatoms. The molecule has 2 N–H and O–H groups in total. The first kappa shape index (κ1) is 12.0. The molecular formula is C12H17N3O2. The molecule has 1 aliphatic rings. The van der Waals surface area contributed by atoms with Gasteiger partial charge >= 0.3 is 5.97 Å². The van der Waals surface area contributed by atoms with Crippen molar-refractivity contribution in [1.82, 2.24) is 15.3 Å². The van der Waals surface area contributed by atoms with Crippen LogP contribution in [0, 0.1) is 0 Å². The molecule has 1 fully saturated rings. The molecular weight excluding hydrogens is 218 g/mol. The summed E-state index contributed by atoms with van der Waals surface area (Å²) in [6.07, 6.45) is 3.56. The number of aromatic nitrogens is 2. The predicted octanol–water partition coefficient (Wildman–Crippen LogP) is 0.745. The molecule has 1 aromatic heterocycles. The van der Waals surface area contributed by atoms with Gasteiger partial charge in [-0.1, -0.05) is 6.92 Å². The molecule has 0 radical (unpaired) electrons. The van der Waals surface area contributed by atoms with Gasteiger partial charge in [-0.3, -0.25) is 4.79 Å². The number of hydrogen-bond acceptors (Lipinski definition) is 4. The fourth-order valence-electron chi connectivity index (χ4n) is 2.27. The number of piperidine rings is 1. The van der Waals surface area contributed by atoms with Gasteiger partial charge in [-0.2, -0.15) is 0 Å². The average molecular weight is 235 g/mol. The van der Waals surface area contributed by atoms with Crippen LogP contribution >= 0.6 is 0 Å². The highest BCUT2D eigenvalue weighted by Crippen LogP contribution is 2.32. The summed E-state index contributed by atoms with van der Waals surface area (Å²) in [7, 11) is 0. The van der Waals surface area contributed by atoms with Crippen LogP contribution in [0.1, 0.15) is 31.3 Å². The van der Waals surface area contributed by atoms with Crippen LogP contribution in [0.25, 0.3) is 0 Å². The lowest BCUT2D eigenvalue weighted by Gasteiger charge is -2.33. The Hall–Kier alpha value is -1.49. The van der Waals surface area contributed by atoms with E-state index in [1.54, 1.807) is 12.3 Å². The summed E-state index contributed by atoms with van der Waals surface area (Å²) < 4.78 is 0. The van der Waals surface area contributed by atoms with Gasteiger partial charge in [0.15, 0.2) is 0 Å². The zero-order valence-electron chi connectivity index (χ0n) is 9.94. The first-order valence-electron chi connectivity index (χ1n) is 5.95. The lowest BCUT2D eigenvalue weighted by molar-refractivity contribution is -0.145. The molecule has 0 aliphatic carbocycles. The van der Waals surface area contributed by atoms with Crippen molar-refractivity contribution in [2.75, 3.05) is 13.1 Å². The van der Waals surface area contributed by atoms with E-state index in [1.807, 2.05) is 6.92 Å². The Bertz CT molecular complexity index is 414. The van der Waals surface area contributed by atoms with Gasteiger partial charge in [0.1, 0.15) is 11.2 Å². The number of aliphatic carboxylic acids is 1. The van der Waals surface area contributed by atoms with Crippen molar-refractivity contribution in [3.63, 3.8) is 0 Å². The minimum absolute atomic E-state index is 0.586. The van der Waals surface area contributed by atoms with Gasteiger partial charge in [-0.25, -0.2) is 9.97 Å². The molecule has 1 aliphatic heterocycles. The lowest BCUT2D eigenvalue weighted by Crippen LogP contribution is -2.46. The van der Waals surface area contributed by atoms with E-state index < -0.39 is 11.4 Å². The smallest absolute Gasteiger partial charge is 0.315 e. The third-order valence-corrected chi connectivity index (χ3v) is 3.38. The Morgan fingerprint density at radius 2 is 2.24 bits per heavy atom. The second-order valence-electron chi connectivity index (χ2n) is 4.35. The van der Waals surface area contributed by atoms with E-state index in [0.29, 0.717) is 24.4 Å². The van der Waals surface area contributed by atoms with Gasteiger partial charge in [0.25, 0.3) is 0 Å². The maximum Gasteiger partial charge on any atom is 0.315 e. The zero-order valence-corrected chi connectivity index (χ0v) is 9.94. The van der Waals surface area contributed by atoms with Gasteiger partial charge in [-0.15, -0.1) is 0 Å². The molecule has 0 atom stereocenters. The van der Waals surface area contributed by atoms with Crippen molar-refractivity contribution < 1.29 is 9.90 Å². The molecule has 92 valence electrons. The van der Waals surface area contributed by atoms with Gasteiger partial charge < -0.3 is 10.4 Å². The van der Waals surface area contributed by atoms with Crippen LogP contribution in [0.15, 0.2) is 12.3 Å². The number of hydrogen-bond donors (Lipinski definition) is 2. The normalized spacial score (nSPS) is 18.9. The van der Waals surface area contributed by atoms with Crippen molar-refractivity contribution in [3.8, 4) is 0 Å². The maximum atomic E-state index is 11.6. The number of carboxylic acids is 1. The first-order valence-corrected chi connectivity index (χ1v) is 5.95. The second kappa shape index (κ2) is 4.79. The molecule has 0 spiro atoms. The maximum absolute atomic E-state index is 11.6. The Balaban J connectivity index is 2.41. The lowest BCUT2D eigenvalue weighted by atomic mass is 9.76. The van der Waals surface area contributed by atoms with Crippen LogP contribution in [0.3, 0.4) is 0 Å². The van der Waals surface area contributed by atoms with Crippen LogP contribution in [0.4, 0.5) is 0 Å². The first-order chi connectivity index (χ1) is 8.19. The van der Waals surface area contributed by atoms with Crippen molar-refractivity contribution in [2.45, 2.75) is 31.6 Å². The van der Waals surface area contributed by atoms with Crippen molar-refractivity contribution in [2.24, 2.45) is 0 Å². The summed E-state index contributed by atoms with van der Waals surface area (Å²) in [5.74, 6) is -0.0681. The third kappa shape index (κ3) is 2.15. The minimum Gasteiger partial charge on any atom is -0.481 e. The zero-order chi connectivity index (χ0) is 12.3. The summed E-state index contributed by atoms with van der Waals surface area (Å²) in [4.78, 5) is 20.1. The molecule has 5 nitrogen and oxygen atoms in total. The molecule has 17 heavy (non-hydrogen) atoms. The summed E-state index contributed by atoms with van der Waals surface area (Å²) in [6, 6.07) is 1.73. The highest BCUT2D eigenvalue weighted by atomic mass is 16.4. The monoisotopic (exact) mass is 235 g/mol. The molecule has 1 aromatic rings. The Morgan fingerprint density at radius 3 is 2.82 bits per heavy atom. The fourth-order valence-corrected chi connectivity index (χ4v) is 2.27. The summed E-state index contributed by atoms with van der Waals surface area (Å²) in [5.41, 5.74) is -0.184. The predicted molar refractivity (Wildman–Crippen MR) is 62.8 cm³/mol. The standard InChI is InChI=1S/C12H17N3O2/c1-2-10-14-6-3-9(15-10)12(11(16)17)4-7-13-8-5-12/h3,6,13H,2,4-5,7-8H2,1H3,(H,16,17). The molecule has 2 heterocycles. The average Bonchev–Trinajstić information content (AvgIpc) is 2.39. The number of nitrogens with one attached hydrogen (secondary N) is 1. The molecule has 0 aromatic carbocycles. The van der Waals surface area contributed by atoms with Crippen LogP contribution in [-0.4, -0.2) is 34.1 Å². The van der Waals surface area contributed by atoms with Crippen molar-refractivity contribution in [3.05, 3.63) is 23.8 Å². The summed E-state index contributed by atoms with van der Waals surface area (Å²) in [6.45, 7) is 3.41. The minimum atomic E-state index is -0.835. The van der Waals surface area contributed by atoms with Gasteiger partial charge in [0.05, 0.1) is 5.69 Å². The van der Waals surface area contributed by atoms with E-state index in [0.717, 1.165) is 19.5 Å². The largest absolute Gasteiger partial charge is 0.481 e. The fraction of sp³-hybridized carbons (Fsp3) is 0.583. The Kier molecular flexibility index (Phi) is 3.38. The van der Waals surface area contributed by atoms with Crippen molar-refractivity contribution >= 4 is 5.97 Å². The van der Waals surface area contributed by atoms with E-state index in [-0.39, 0.29) is 0 Å². The molecule has 2 rings (SSSR count). The van der Waals surface area contributed by atoms with E-state index >= 15 is 0 Å². The Morgan fingerprint density at radius 1 is 1.53 bits per heavy atom. The molecule has 0 amide bonds. The van der Waals surface area contributed by atoms with Gasteiger partial charge in [0, 0.05) is 12.6 Å². The van der Waals surface area contributed by atoms with Crippen LogP contribution in [0.5, 0.6) is 0 Å². The quantitative estimate of drug-likeness (QED) is 0.808. The van der Waals surface area contributed by atoms with Crippen LogP contribution < -0.4 is 5.32 Å². The van der Waals surface area contributed by atoms with Gasteiger partial charge in [0.2, 0.25) is 0 Å². The number of carboxylic acid groups (broad SMARTS) is 1. The highest BCUT2D eigenvalue weighted by Gasteiger charge is 2.42. The number of nitrogens with zero attached hydrogens (tertiary/aromatic N) is 2. The third-order valence-electron chi connectivity index (χ3n) is 3.38. The van der Waals surface area contributed by atoms with E-state index in [9.17, 15) is 9.90 Å². The van der Waals surface area contributed by atoms with E-state index in [2.05, 4.69) is 15.3 Å². The molecule has 0 saturated carbocycles. The summed E-state index contributed by atoms with van der Waals surface area (Å²) in [5, 5.41) is 12.7. The molecule has 0 bridgehead atoms. The van der Waals surface area contributed by atoms with Crippen molar-refractivity contribution in [1.29, 1.82) is 0 Å². The van der Waals surface area contributed by atoms with E-state index in [4.69, 9.17) is 0 Å². The Labute approximate surface area is 100 Å². The van der Waals surface area contributed by atoms with E-state index in [1.165, 1.54) is 0 Å².